The number of nitrogens with one attached hydrogen (secondary N) is 2. The Morgan fingerprint density at radius 3 is 0.711 bits per heavy atom. The van der Waals surface area contributed by atoms with Crippen LogP contribution in [0.1, 0.15) is 452 Å². The van der Waals surface area contributed by atoms with E-state index in [1.165, 1.54) is 372 Å². The molecular weight excluding hydrogens is 1010 g/mol. The van der Waals surface area contributed by atoms with E-state index in [2.05, 4.69) is 31.4 Å². The number of hydrogen-bond acceptors (Lipinski definition) is 3. The molecule has 0 unspecified atom stereocenters. The van der Waals surface area contributed by atoms with E-state index in [0.29, 0.717) is 36.6 Å². The van der Waals surface area contributed by atoms with E-state index < -0.39 is 0 Å². The molecule has 1 rings (SSSR count). The van der Waals surface area contributed by atoms with Crippen LogP contribution in [-0.4, -0.2) is 31.5 Å². The number of unbranched alkanes of at least 4 members (excludes halogenated alkanes) is 61. The fourth-order valence-corrected chi connectivity index (χ4v) is 12.6. The summed E-state index contributed by atoms with van der Waals surface area (Å²) in [6.07, 6.45) is 88.0. The van der Waals surface area contributed by atoms with Gasteiger partial charge in [0, 0.05) is 18.7 Å². The molecule has 2 amide bonds. The lowest BCUT2D eigenvalue weighted by Crippen LogP contribution is -2.26. The molecule has 1 aromatic carbocycles. The third-order valence-electron chi connectivity index (χ3n) is 18.4. The van der Waals surface area contributed by atoms with Crippen LogP contribution in [-0.2, 0) is 0 Å². The van der Waals surface area contributed by atoms with Crippen LogP contribution in [0.5, 0.6) is 5.75 Å². The van der Waals surface area contributed by atoms with Crippen molar-refractivity contribution in [2.24, 2.45) is 0 Å². The number of hydrogen-bond donors (Lipinski definition) is 2. The van der Waals surface area contributed by atoms with Crippen LogP contribution < -0.4 is 15.4 Å². The number of rotatable bonds is 70. The molecule has 2 N–H and O–H groups in total. The summed E-state index contributed by atoms with van der Waals surface area (Å²) in [7, 11) is 0. The average Bonchev–Trinajstić information content (AvgIpc) is 3.56. The van der Waals surface area contributed by atoms with Crippen LogP contribution in [0.4, 0.5) is 0 Å². The number of benzene rings is 1. The van der Waals surface area contributed by atoms with E-state index in [1.807, 2.05) is 18.2 Å². The van der Waals surface area contributed by atoms with Crippen molar-refractivity contribution in [2.75, 3.05) is 19.7 Å². The first kappa shape index (κ1) is 79.0. The van der Waals surface area contributed by atoms with Crippen LogP contribution in [0.15, 0.2) is 18.2 Å². The molecule has 0 spiro atoms. The van der Waals surface area contributed by atoms with Crippen molar-refractivity contribution in [3.8, 4) is 5.75 Å². The predicted molar refractivity (Wildman–Crippen MR) is 369 cm³/mol. The summed E-state index contributed by atoms with van der Waals surface area (Å²) < 4.78 is 6.33. The second-order valence-electron chi connectivity index (χ2n) is 26.6. The van der Waals surface area contributed by atoms with Gasteiger partial charge in [0.15, 0.2) is 0 Å². The predicted octanol–water partition coefficient (Wildman–Crippen LogP) is 26.6. The summed E-state index contributed by atoms with van der Waals surface area (Å²) in [5.74, 6) is 0.382. The van der Waals surface area contributed by atoms with Gasteiger partial charge in [0.2, 0.25) is 0 Å². The molecule has 0 aliphatic heterocycles. The monoisotopic (exact) mass is 1160 g/mol. The first-order valence-corrected chi connectivity index (χ1v) is 38.5. The van der Waals surface area contributed by atoms with E-state index in [0.717, 1.165) is 38.5 Å². The van der Waals surface area contributed by atoms with E-state index in [-0.39, 0.29) is 11.8 Å². The first-order chi connectivity index (χ1) is 41.1. The minimum Gasteiger partial charge on any atom is -0.493 e. The molecule has 0 radical (unpaired) electrons. The van der Waals surface area contributed by atoms with Crippen LogP contribution in [0.2, 0.25) is 0 Å². The molecule has 0 aromatic heterocycles. The summed E-state index contributed by atoms with van der Waals surface area (Å²) in [6, 6.07) is 5.43. The maximum absolute atomic E-state index is 13.5. The molecule has 0 saturated carbocycles. The zero-order chi connectivity index (χ0) is 59.5. The third-order valence-corrected chi connectivity index (χ3v) is 18.4. The molecule has 83 heavy (non-hydrogen) atoms. The zero-order valence-corrected chi connectivity index (χ0v) is 56.8. The molecule has 0 heterocycles. The highest BCUT2D eigenvalue weighted by Crippen LogP contribution is 2.24. The Labute approximate surface area is 520 Å². The summed E-state index contributed by atoms with van der Waals surface area (Å²) in [5.41, 5.74) is 1.13. The molecule has 0 fully saturated rings. The van der Waals surface area contributed by atoms with Crippen LogP contribution in [0.25, 0.3) is 0 Å². The largest absolute Gasteiger partial charge is 0.493 e. The summed E-state index contributed by atoms with van der Waals surface area (Å²) in [5, 5.41) is 6.35. The number of amides is 2. The van der Waals surface area contributed by atoms with Crippen molar-refractivity contribution in [3.05, 3.63) is 29.3 Å². The van der Waals surface area contributed by atoms with Gasteiger partial charge in [-0.05, 0) is 37.5 Å². The minimum absolute atomic E-state index is 0.0719. The molecular formula is C78H148N2O3. The summed E-state index contributed by atoms with van der Waals surface area (Å²) in [4.78, 5) is 26.9. The Morgan fingerprint density at radius 2 is 0.470 bits per heavy atom. The van der Waals surface area contributed by atoms with Gasteiger partial charge in [-0.1, -0.05) is 412 Å². The van der Waals surface area contributed by atoms with Gasteiger partial charge in [0.1, 0.15) is 5.75 Å². The fraction of sp³-hybridized carbons (Fsp3) is 0.897. The Bertz CT molecular complexity index is 1440. The van der Waals surface area contributed by atoms with E-state index in [4.69, 9.17) is 4.74 Å². The Morgan fingerprint density at radius 1 is 0.265 bits per heavy atom. The molecule has 5 nitrogen and oxygen atoms in total. The minimum atomic E-state index is -0.0909. The topological polar surface area (TPSA) is 67.4 Å². The van der Waals surface area contributed by atoms with Gasteiger partial charge in [0.25, 0.3) is 11.8 Å². The summed E-state index contributed by atoms with van der Waals surface area (Å²) in [6.45, 7) is 8.84. The van der Waals surface area contributed by atoms with Crippen molar-refractivity contribution in [1.82, 2.24) is 10.6 Å². The van der Waals surface area contributed by atoms with E-state index in [1.54, 1.807) is 0 Å². The van der Waals surface area contributed by atoms with Crippen molar-refractivity contribution < 1.29 is 14.3 Å². The van der Waals surface area contributed by atoms with E-state index in [9.17, 15) is 9.59 Å². The third kappa shape index (κ3) is 57.5. The lowest BCUT2D eigenvalue weighted by molar-refractivity contribution is 0.0937. The summed E-state index contributed by atoms with van der Waals surface area (Å²) >= 11 is 0. The molecule has 1 aromatic rings. The second-order valence-corrected chi connectivity index (χ2v) is 26.6. The van der Waals surface area contributed by atoms with Crippen LogP contribution >= 0.6 is 0 Å². The van der Waals surface area contributed by atoms with Crippen molar-refractivity contribution >= 4 is 11.8 Å². The van der Waals surface area contributed by atoms with Crippen molar-refractivity contribution in [1.29, 1.82) is 0 Å². The molecule has 0 saturated heterocycles. The maximum Gasteiger partial charge on any atom is 0.255 e. The zero-order valence-electron chi connectivity index (χ0n) is 56.8. The van der Waals surface area contributed by atoms with Gasteiger partial charge in [-0.3, -0.25) is 9.59 Å². The van der Waals surface area contributed by atoms with Gasteiger partial charge in [-0.15, -0.1) is 0 Å². The van der Waals surface area contributed by atoms with Gasteiger partial charge >= 0.3 is 0 Å². The number of ether oxygens (including phenoxy) is 1. The van der Waals surface area contributed by atoms with Crippen molar-refractivity contribution in [3.63, 3.8) is 0 Å². The molecule has 0 aliphatic rings. The quantitative estimate of drug-likeness (QED) is 0.0639. The van der Waals surface area contributed by atoms with Gasteiger partial charge in [-0.25, -0.2) is 0 Å². The highest BCUT2D eigenvalue weighted by Gasteiger charge is 2.16. The Hall–Kier alpha value is -2.04. The smallest absolute Gasteiger partial charge is 0.255 e. The molecule has 5 heteroatoms. The van der Waals surface area contributed by atoms with Gasteiger partial charge < -0.3 is 15.4 Å². The highest BCUT2D eigenvalue weighted by atomic mass is 16.5. The average molecular weight is 1160 g/mol. The van der Waals surface area contributed by atoms with Gasteiger partial charge in [-0.2, -0.15) is 0 Å². The SMILES string of the molecule is CCCCCCCCCCCCCCCCCCCCCCCCCCCCNC(=O)c1ccc(C(=O)NCCCCCCCCCCCCCCCCCCCCCCCCCCCC)c(OCCCCCCCCCCCCCC)c1. The number of carbonyl (C=O) groups excluding carboxylic acids is 2. The second kappa shape index (κ2) is 67.5. The van der Waals surface area contributed by atoms with Crippen LogP contribution in [0.3, 0.4) is 0 Å². The molecule has 0 aliphatic carbocycles. The molecule has 488 valence electrons. The maximum atomic E-state index is 13.5. The van der Waals surface area contributed by atoms with Crippen LogP contribution in [0, 0.1) is 0 Å². The Balaban J connectivity index is 2.20. The molecule has 0 atom stereocenters. The highest BCUT2D eigenvalue weighted by molar-refractivity contribution is 6.00. The molecule has 0 bridgehead atoms. The standard InChI is InChI=1S/C78H148N2O3/c1-4-7-10-13-16-19-22-25-27-29-31-33-35-37-39-41-43-45-47-49-51-53-56-59-62-65-70-79-77(81)74-68-69-75(76(73-74)83-72-67-64-61-58-55-24-21-18-15-12-9-6-3)78(82)80-71-66-63-60-57-54-52-50-48-46-44-42-40-38-36-34-32-30-28-26-23-20-17-14-11-8-5-2/h68-69,73H,4-67,70-72H2,1-3H3,(H,79,81)(H,80,82). The van der Waals surface area contributed by atoms with Gasteiger partial charge in [0.05, 0.1) is 12.2 Å². The van der Waals surface area contributed by atoms with Crippen molar-refractivity contribution in [2.45, 2.75) is 432 Å². The first-order valence-electron chi connectivity index (χ1n) is 38.5. The lowest BCUT2D eigenvalue weighted by Gasteiger charge is -2.14. The number of carbonyl (C=O) groups is 2. The lowest BCUT2D eigenvalue weighted by atomic mass is 10.0. The normalized spacial score (nSPS) is 11.5. The fourth-order valence-electron chi connectivity index (χ4n) is 12.6. The van der Waals surface area contributed by atoms with E-state index >= 15 is 0 Å². The Kier molecular flexibility index (Phi) is 64.2.